The Morgan fingerprint density at radius 3 is 2.75 bits per heavy atom. The highest BCUT2D eigenvalue weighted by molar-refractivity contribution is 5.86. The normalized spacial score (nSPS) is 21.3. The molecule has 4 heteroatoms. The van der Waals surface area contributed by atoms with Crippen LogP contribution in [0.5, 0.6) is 5.75 Å². The minimum absolute atomic E-state index is 0.0341. The fourth-order valence-corrected chi connectivity index (χ4v) is 4.12. The molecule has 2 atom stereocenters. The number of quaternary nitrogens is 1. The Labute approximate surface area is 143 Å². The SMILES string of the molecule is CCc1cc(=O)oc2c(C)c([O-])c(C[NH+]3CCCCC3CC)cc12. The maximum absolute atomic E-state index is 12.8. The second kappa shape index (κ2) is 6.98. The summed E-state index contributed by atoms with van der Waals surface area (Å²) in [5.74, 6) is 0.0341. The van der Waals surface area contributed by atoms with Gasteiger partial charge in [0.1, 0.15) is 12.1 Å². The molecule has 3 rings (SSSR count). The zero-order valence-corrected chi connectivity index (χ0v) is 14.9. The summed E-state index contributed by atoms with van der Waals surface area (Å²) in [4.78, 5) is 13.3. The van der Waals surface area contributed by atoms with Crippen molar-refractivity contribution in [1.29, 1.82) is 0 Å². The van der Waals surface area contributed by atoms with Crippen molar-refractivity contribution in [3.05, 3.63) is 39.2 Å². The number of piperidine rings is 1. The first-order valence-electron chi connectivity index (χ1n) is 9.15. The molecular formula is C20H27NO3. The lowest BCUT2D eigenvalue weighted by molar-refractivity contribution is -0.944. The minimum Gasteiger partial charge on any atom is -0.872 e. The highest BCUT2D eigenvalue weighted by Gasteiger charge is 2.25. The maximum atomic E-state index is 12.8. The molecule has 0 radical (unpaired) electrons. The molecule has 1 aliphatic heterocycles. The van der Waals surface area contributed by atoms with Crippen LogP contribution in [0.25, 0.3) is 11.0 Å². The van der Waals surface area contributed by atoms with Crippen molar-refractivity contribution in [2.45, 2.75) is 65.5 Å². The molecule has 0 bridgehead atoms. The van der Waals surface area contributed by atoms with Gasteiger partial charge in [-0.2, -0.15) is 0 Å². The van der Waals surface area contributed by atoms with Crippen LogP contribution in [0.15, 0.2) is 21.3 Å². The van der Waals surface area contributed by atoms with E-state index in [1.54, 1.807) is 13.0 Å². The molecule has 1 aliphatic rings. The van der Waals surface area contributed by atoms with Gasteiger partial charge < -0.3 is 14.4 Å². The van der Waals surface area contributed by atoms with E-state index in [9.17, 15) is 9.90 Å². The molecule has 4 nitrogen and oxygen atoms in total. The van der Waals surface area contributed by atoms with Crippen LogP contribution >= 0.6 is 0 Å². The molecule has 1 saturated heterocycles. The Bertz CT molecular complexity index is 794. The molecule has 0 amide bonds. The van der Waals surface area contributed by atoms with E-state index in [4.69, 9.17) is 4.42 Å². The summed E-state index contributed by atoms with van der Waals surface area (Å²) in [6.45, 7) is 7.95. The van der Waals surface area contributed by atoms with Crippen molar-refractivity contribution in [2.24, 2.45) is 0 Å². The number of hydrogen-bond donors (Lipinski definition) is 1. The van der Waals surface area contributed by atoms with Crippen LogP contribution in [-0.4, -0.2) is 12.6 Å². The third-order valence-corrected chi connectivity index (χ3v) is 5.55. The Morgan fingerprint density at radius 2 is 2.04 bits per heavy atom. The van der Waals surface area contributed by atoms with E-state index in [2.05, 4.69) is 6.92 Å². The van der Waals surface area contributed by atoms with E-state index < -0.39 is 0 Å². The van der Waals surface area contributed by atoms with E-state index in [0.29, 0.717) is 17.2 Å². The van der Waals surface area contributed by atoms with Gasteiger partial charge in [-0.05, 0) is 61.8 Å². The third-order valence-electron chi connectivity index (χ3n) is 5.55. The molecule has 24 heavy (non-hydrogen) atoms. The van der Waals surface area contributed by atoms with Gasteiger partial charge in [0.2, 0.25) is 0 Å². The summed E-state index contributed by atoms with van der Waals surface area (Å²) in [5.41, 5.74) is 2.49. The average molecular weight is 329 g/mol. The quantitative estimate of drug-likeness (QED) is 0.874. The molecule has 0 aliphatic carbocycles. The smallest absolute Gasteiger partial charge is 0.336 e. The number of rotatable bonds is 4. The largest absolute Gasteiger partial charge is 0.872 e. The summed E-state index contributed by atoms with van der Waals surface area (Å²) >= 11 is 0. The van der Waals surface area contributed by atoms with Gasteiger partial charge in [0, 0.05) is 11.5 Å². The monoisotopic (exact) mass is 329 g/mol. The number of aryl methyl sites for hydroxylation is 2. The molecule has 130 valence electrons. The molecule has 2 heterocycles. The van der Waals surface area contributed by atoms with Crippen LogP contribution in [0.4, 0.5) is 0 Å². The standard InChI is InChI=1S/C20H27NO3/c1-4-14-11-18(22)24-20-13(3)19(23)15(10-17(14)20)12-21-9-7-6-8-16(21)5-2/h10-11,16,23H,4-9,12H2,1-3H3. The summed E-state index contributed by atoms with van der Waals surface area (Å²) in [6, 6.07) is 4.17. The zero-order valence-electron chi connectivity index (χ0n) is 14.9. The van der Waals surface area contributed by atoms with Crippen LogP contribution in [0, 0.1) is 6.92 Å². The van der Waals surface area contributed by atoms with Crippen LogP contribution < -0.4 is 15.6 Å². The van der Waals surface area contributed by atoms with Gasteiger partial charge in [0.15, 0.2) is 0 Å². The van der Waals surface area contributed by atoms with Crippen LogP contribution in [0.2, 0.25) is 0 Å². The second-order valence-electron chi connectivity index (χ2n) is 7.00. The molecule has 0 spiro atoms. The summed E-state index contributed by atoms with van der Waals surface area (Å²) in [7, 11) is 0. The first kappa shape index (κ1) is 17.0. The van der Waals surface area contributed by atoms with Gasteiger partial charge in [-0.1, -0.05) is 19.6 Å². The van der Waals surface area contributed by atoms with E-state index in [1.807, 2.05) is 13.0 Å². The van der Waals surface area contributed by atoms with Gasteiger partial charge in [0.25, 0.3) is 0 Å². The highest BCUT2D eigenvalue weighted by Crippen LogP contribution is 2.30. The van der Waals surface area contributed by atoms with Crippen LogP contribution in [0.3, 0.4) is 0 Å². The highest BCUT2D eigenvalue weighted by atomic mass is 16.4. The van der Waals surface area contributed by atoms with Gasteiger partial charge in [0.05, 0.1) is 12.6 Å². The van der Waals surface area contributed by atoms with Crippen molar-refractivity contribution in [3.8, 4) is 5.75 Å². The van der Waals surface area contributed by atoms with Gasteiger partial charge >= 0.3 is 5.63 Å². The van der Waals surface area contributed by atoms with Gasteiger partial charge in [-0.3, -0.25) is 0 Å². The minimum atomic E-state index is -0.373. The van der Waals surface area contributed by atoms with Crippen molar-refractivity contribution < 1.29 is 14.4 Å². The average Bonchev–Trinajstić information content (AvgIpc) is 2.60. The van der Waals surface area contributed by atoms with Gasteiger partial charge in [-0.25, -0.2) is 4.79 Å². The predicted molar refractivity (Wildman–Crippen MR) is 93.5 cm³/mol. The Kier molecular flexibility index (Phi) is 4.95. The molecule has 2 unspecified atom stereocenters. The van der Waals surface area contributed by atoms with Gasteiger partial charge in [-0.15, -0.1) is 0 Å². The molecule has 2 aromatic rings. The summed E-state index contributed by atoms with van der Waals surface area (Å²) < 4.78 is 5.34. The maximum Gasteiger partial charge on any atom is 0.336 e. The van der Waals surface area contributed by atoms with E-state index in [0.717, 1.165) is 42.4 Å². The zero-order chi connectivity index (χ0) is 17.3. The molecular weight excluding hydrogens is 302 g/mol. The van der Waals surface area contributed by atoms with Crippen molar-refractivity contribution in [3.63, 3.8) is 0 Å². The second-order valence-corrected chi connectivity index (χ2v) is 7.00. The lowest BCUT2D eigenvalue weighted by Gasteiger charge is -2.33. The number of hydrogen-bond acceptors (Lipinski definition) is 3. The lowest BCUT2D eigenvalue weighted by atomic mass is 9.97. The number of benzene rings is 1. The van der Waals surface area contributed by atoms with Crippen molar-refractivity contribution in [2.75, 3.05) is 6.54 Å². The molecule has 1 fully saturated rings. The van der Waals surface area contributed by atoms with Crippen LogP contribution in [-0.2, 0) is 13.0 Å². The predicted octanol–water partition coefficient (Wildman–Crippen LogP) is 2.08. The summed E-state index contributed by atoms with van der Waals surface area (Å²) in [5, 5.41) is 13.7. The molecule has 1 N–H and O–H groups in total. The Hall–Kier alpha value is -1.81. The first-order valence-corrected chi connectivity index (χ1v) is 9.15. The topological polar surface area (TPSA) is 57.7 Å². The van der Waals surface area contributed by atoms with E-state index in [-0.39, 0.29) is 11.4 Å². The number of fused-ring (bicyclic) bond motifs is 1. The molecule has 0 saturated carbocycles. The Morgan fingerprint density at radius 1 is 1.25 bits per heavy atom. The first-order chi connectivity index (χ1) is 11.5. The van der Waals surface area contributed by atoms with E-state index in [1.165, 1.54) is 24.2 Å². The van der Waals surface area contributed by atoms with Crippen LogP contribution in [0.1, 0.15) is 56.2 Å². The fraction of sp³-hybridized carbons (Fsp3) is 0.550. The fourth-order valence-electron chi connectivity index (χ4n) is 4.12. The third kappa shape index (κ3) is 3.07. The number of likely N-dealkylation sites (tertiary alicyclic amines) is 1. The van der Waals surface area contributed by atoms with Crippen molar-refractivity contribution >= 4 is 11.0 Å². The Balaban J connectivity index is 2.06. The van der Waals surface area contributed by atoms with E-state index >= 15 is 0 Å². The molecule has 1 aromatic carbocycles. The van der Waals surface area contributed by atoms with Crippen molar-refractivity contribution in [1.82, 2.24) is 0 Å². The molecule has 1 aromatic heterocycles. The summed E-state index contributed by atoms with van der Waals surface area (Å²) in [6.07, 6.45) is 5.70. The number of nitrogens with one attached hydrogen (secondary N) is 1. The lowest BCUT2D eigenvalue weighted by Crippen LogP contribution is -3.15.